The van der Waals surface area contributed by atoms with Gasteiger partial charge in [-0.25, -0.2) is 4.79 Å². The monoisotopic (exact) mass is 287 g/mol. The van der Waals surface area contributed by atoms with Crippen molar-refractivity contribution in [2.45, 2.75) is 20.4 Å². The van der Waals surface area contributed by atoms with Gasteiger partial charge in [-0.2, -0.15) is 5.10 Å². The van der Waals surface area contributed by atoms with Crippen LogP contribution in [0.1, 0.15) is 29.9 Å². The van der Waals surface area contributed by atoms with Crippen LogP contribution in [0.5, 0.6) is 0 Å². The molecule has 0 bridgehead atoms. The molecule has 0 unspecified atom stereocenters. The molecule has 0 atom stereocenters. The van der Waals surface area contributed by atoms with Gasteiger partial charge in [0.2, 0.25) is 0 Å². The highest BCUT2D eigenvalue weighted by atomic mass is 16.4. The van der Waals surface area contributed by atoms with Crippen molar-refractivity contribution in [3.05, 3.63) is 41.6 Å². The Kier molecular flexibility index (Phi) is 4.75. The minimum Gasteiger partial charge on any atom is -0.476 e. The minimum atomic E-state index is -1.00. The van der Waals surface area contributed by atoms with Crippen LogP contribution in [-0.2, 0) is 13.6 Å². The molecule has 0 saturated heterocycles. The molecule has 1 N–H and O–H groups in total. The van der Waals surface area contributed by atoms with Crippen molar-refractivity contribution in [1.82, 2.24) is 14.7 Å². The SMILES string of the molecule is CCN(CC)Cc1ccc(-c2cc(C(=O)O)nn2C)cc1. The summed E-state index contributed by atoms with van der Waals surface area (Å²) in [6, 6.07) is 9.80. The molecule has 0 amide bonds. The fraction of sp³-hybridized carbons (Fsp3) is 0.375. The molecule has 1 aromatic heterocycles. The van der Waals surface area contributed by atoms with E-state index in [4.69, 9.17) is 5.11 Å². The summed E-state index contributed by atoms with van der Waals surface area (Å²) < 4.78 is 1.60. The highest BCUT2D eigenvalue weighted by Crippen LogP contribution is 2.21. The molecule has 0 saturated carbocycles. The molecule has 0 fully saturated rings. The summed E-state index contributed by atoms with van der Waals surface area (Å²) in [5.74, 6) is -1.00. The van der Waals surface area contributed by atoms with Crippen LogP contribution < -0.4 is 0 Å². The molecule has 0 aliphatic carbocycles. The van der Waals surface area contributed by atoms with E-state index in [1.807, 2.05) is 12.1 Å². The molecular weight excluding hydrogens is 266 g/mol. The number of rotatable bonds is 6. The summed E-state index contributed by atoms with van der Waals surface area (Å²) in [4.78, 5) is 13.3. The topological polar surface area (TPSA) is 58.4 Å². The summed E-state index contributed by atoms with van der Waals surface area (Å²) in [6.07, 6.45) is 0. The van der Waals surface area contributed by atoms with E-state index in [2.05, 4.69) is 36.0 Å². The molecule has 5 heteroatoms. The van der Waals surface area contributed by atoms with Crippen LogP contribution >= 0.6 is 0 Å². The fourth-order valence-corrected chi connectivity index (χ4v) is 2.33. The lowest BCUT2D eigenvalue weighted by Gasteiger charge is -2.18. The molecule has 0 aliphatic heterocycles. The first kappa shape index (κ1) is 15.3. The third-order valence-electron chi connectivity index (χ3n) is 3.65. The summed E-state index contributed by atoms with van der Waals surface area (Å²) in [5.41, 5.74) is 3.10. The molecule has 2 aromatic rings. The number of benzene rings is 1. The van der Waals surface area contributed by atoms with Crippen molar-refractivity contribution in [3.8, 4) is 11.3 Å². The van der Waals surface area contributed by atoms with Crippen molar-refractivity contribution in [2.24, 2.45) is 7.05 Å². The first-order valence-corrected chi connectivity index (χ1v) is 7.14. The second kappa shape index (κ2) is 6.54. The van der Waals surface area contributed by atoms with E-state index in [0.717, 1.165) is 30.9 Å². The Hall–Kier alpha value is -2.14. The summed E-state index contributed by atoms with van der Waals surface area (Å²) in [6.45, 7) is 7.30. The van der Waals surface area contributed by atoms with Gasteiger partial charge in [0.05, 0.1) is 5.69 Å². The number of carbonyl (C=O) groups is 1. The zero-order valence-corrected chi connectivity index (χ0v) is 12.7. The van der Waals surface area contributed by atoms with Crippen LogP contribution in [0, 0.1) is 0 Å². The molecule has 2 rings (SSSR count). The van der Waals surface area contributed by atoms with E-state index in [0.29, 0.717) is 0 Å². The van der Waals surface area contributed by atoms with Crippen molar-refractivity contribution in [2.75, 3.05) is 13.1 Å². The van der Waals surface area contributed by atoms with E-state index in [1.54, 1.807) is 17.8 Å². The van der Waals surface area contributed by atoms with E-state index in [9.17, 15) is 4.79 Å². The predicted molar refractivity (Wildman–Crippen MR) is 82.2 cm³/mol. The van der Waals surface area contributed by atoms with Gasteiger partial charge in [-0.15, -0.1) is 0 Å². The Morgan fingerprint density at radius 3 is 2.33 bits per heavy atom. The van der Waals surface area contributed by atoms with Crippen LogP contribution in [0.4, 0.5) is 0 Å². The number of aryl methyl sites for hydroxylation is 1. The van der Waals surface area contributed by atoms with Crippen molar-refractivity contribution >= 4 is 5.97 Å². The Morgan fingerprint density at radius 1 is 1.24 bits per heavy atom. The molecule has 0 radical (unpaired) electrons. The average Bonchev–Trinajstić information content (AvgIpc) is 2.87. The quantitative estimate of drug-likeness (QED) is 0.887. The van der Waals surface area contributed by atoms with E-state index < -0.39 is 5.97 Å². The molecular formula is C16H21N3O2. The van der Waals surface area contributed by atoms with Gasteiger partial charge in [-0.3, -0.25) is 9.58 Å². The first-order valence-electron chi connectivity index (χ1n) is 7.14. The predicted octanol–water partition coefficient (Wildman–Crippen LogP) is 2.63. The normalized spacial score (nSPS) is 11.0. The van der Waals surface area contributed by atoms with Crippen LogP contribution in [0.25, 0.3) is 11.3 Å². The third kappa shape index (κ3) is 3.49. The summed E-state index contributed by atoms with van der Waals surface area (Å²) >= 11 is 0. The van der Waals surface area contributed by atoms with Crippen LogP contribution in [0.2, 0.25) is 0 Å². The maximum absolute atomic E-state index is 11.0. The fourth-order valence-electron chi connectivity index (χ4n) is 2.33. The lowest BCUT2D eigenvalue weighted by molar-refractivity contribution is 0.0689. The smallest absolute Gasteiger partial charge is 0.356 e. The second-order valence-corrected chi connectivity index (χ2v) is 5.00. The number of nitrogens with zero attached hydrogens (tertiary/aromatic N) is 3. The number of hydrogen-bond acceptors (Lipinski definition) is 3. The van der Waals surface area contributed by atoms with Crippen LogP contribution in [0.15, 0.2) is 30.3 Å². The van der Waals surface area contributed by atoms with Gasteiger partial charge in [-0.1, -0.05) is 38.1 Å². The zero-order valence-electron chi connectivity index (χ0n) is 12.7. The third-order valence-corrected chi connectivity index (χ3v) is 3.65. The minimum absolute atomic E-state index is 0.0692. The van der Waals surface area contributed by atoms with Crippen molar-refractivity contribution in [1.29, 1.82) is 0 Å². The number of hydrogen-bond donors (Lipinski definition) is 1. The highest BCUT2D eigenvalue weighted by Gasteiger charge is 2.12. The van der Waals surface area contributed by atoms with Gasteiger partial charge in [0.1, 0.15) is 0 Å². The maximum Gasteiger partial charge on any atom is 0.356 e. The van der Waals surface area contributed by atoms with Crippen molar-refractivity contribution in [3.63, 3.8) is 0 Å². The van der Waals surface area contributed by atoms with Crippen molar-refractivity contribution < 1.29 is 9.90 Å². The molecule has 0 spiro atoms. The first-order chi connectivity index (χ1) is 10.0. The Morgan fingerprint density at radius 2 is 1.86 bits per heavy atom. The summed E-state index contributed by atoms with van der Waals surface area (Å²) in [7, 11) is 1.76. The van der Waals surface area contributed by atoms with Gasteiger partial charge in [0.25, 0.3) is 0 Å². The lowest BCUT2D eigenvalue weighted by Crippen LogP contribution is -2.21. The van der Waals surface area contributed by atoms with E-state index in [-0.39, 0.29) is 5.69 Å². The second-order valence-electron chi connectivity index (χ2n) is 5.00. The van der Waals surface area contributed by atoms with Gasteiger partial charge >= 0.3 is 5.97 Å². The van der Waals surface area contributed by atoms with E-state index >= 15 is 0 Å². The molecule has 0 aliphatic rings. The standard InChI is InChI=1S/C16H21N3O2/c1-4-19(5-2)11-12-6-8-13(9-7-12)15-10-14(16(20)21)17-18(15)3/h6-10H,4-5,11H2,1-3H3,(H,20,21). The number of carboxylic acid groups (broad SMARTS) is 1. The number of aromatic carboxylic acids is 1. The van der Waals surface area contributed by atoms with Gasteiger partial charge in [-0.05, 0) is 30.3 Å². The van der Waals surface area contributed by atoms with Gasteiger partial charge in [0, 0.05) is 13.6 Å². The Bertz CT molecular complexity index is 613. The van der Waals surface area contributed by atoms with Crippen LogP contribution in [-0.4, -0.2) is 38.8 Å². The lowest BCUT2D eigenvalue weighted by atomic mass is 10.1. The number of carboxylic acids is 1. The van der Waals surface area contributed by atoms with Gasteiger partial charge in [0.15, 0.2) is 5.69 Å². The molecule has 21 heavy (non-hydrogen) atoms. The molecule has 1 heterocycles. The summed E-state index contributed by atoms with van der Waals surface area (Å²) in [5, 5.41) is 13.0. The average molecular weight is 287 g/mol. The van der Waals surface area contributed by atoms with Crippen LogP contribution in [0.3, 0.4) is 0 Å². The maximum atomic E-state index is 11.0. The number of aromatic nitrogens is 2. The largest absolute Gasteiger partial charge is 0.476 e. The molecule has 112 valence electrons. The molecule has 1 aromatic carbocycles. The Labute approximate surface area is 124 Å². The van der Waals surface area contributed by atoms with Gasteiger partial charge < -0.3 is 5.11 Å². The van der Waals surface area contributed by atoms with E-state index in [1.165, 1.54) is 5.56 Å². The molecule has 5 nitrogen and oxygen atoms in total. The zero-order chi connectivity index (χ0) is 15.4. The highest BCUT2D eigenvalue weighted by molar-refractivity contribution is 5.87. The Balaban J connectivity index is 2.21.